The van der Waals surface area contributed by atoms with Crippen LogP contribution in [0.5, 0.6) is 0 Å². The third-order valence-corrected chi connectivity index (χ3v) is 6.60. The van der Waals surface area contributed by atoms with Crippen LogP contribution in [0.15, 0.2) is 46.3 Å². The zero-order valence-corrected chi connectivity index (χ0v) is 16.2. The SMILES string of the molecule is CC(SCc1cc(-c2cccs2)on1)C(=O)Nc1ccc2c(c1)CCC2. The van der Waals surface area contributed by atoms with Gasteiger partial charge in [-0.15, -0.1) is 23.1 Å². The molecule has 0 bridgehead atoms. The highest BCUT2D eigenvalue weighted by Crippen LogP contribution is 2.28. The maximum atomic E-state index is 12.5. The van der Waals surface area contributed by atoms with Gasteiger partial charge in [0.05, 0.1) is 15.8 Å². The molecule has 3 aromatic rings. The molecular weight excluding hydrogens is 364 g/mol. The zero-order valence-electron chi connectivity index (χ0n) is 14.5. The Labute approximate surface area is 161 Å². The lowest BCUT2D eigenvalue weighted by molar-refractivity contribution is -0.115. The predicted octanol–water partition coefficient (Wildman–Crippen LogP) is 5.15. The van der Waals surface area contributed by atoms with E-state index in [-0.39, 0.29) is 11.2 Å². The van der Waals surface area contributed by atoms with Crippen molar-refractivity contribution in [2.24, 2.45) is 0 Å². The summed E-state index contributed by atoms with van der Waals surface area (Å²) >= 11 is 3.19. The molecule has 0 radical (unpaired) electrons. The van der Waals surface area contributed by atoms with Crippen LogP contribution in [0.2, 0.25) is 0 Å². The molecule has 1 atom stereocenters. The van der Waals surface area contributed by atoms with E-state index in [0.29, 0.717) is 5.75 Å². The number of hydrogen-bond acceptors (Lipinski definition) is 5. The van der Waals surface area contributed by atoms with Crippen molar-refractivity contribution in [3.05, 3.63) is 58.6 Å². The van der Waals surface area contributed by atoms with Crippen molar-refractivity contribution >= 4 is 34.7 Å². The summed E-state index contributed by atoms with van der Waals surface area (Å²) in [6, 6.07) is 12.2. The van der Waals surface area contributed by atoms with Crippen molar-refractivity contribution < 1.29 is 9.32 Å². The van der Waals surface area contributed by atoms with Gasteiger partial charge in [0, 0.05) is 17.5 Å². The minimum atomic E-state index is -0.162. The minimum absolute atomic E-state index is 0.0231. The maximum absolute atomic E-state index is 12.5. The second-order valence-electron chi connectivity index (χ2n) is 6.44. The standard InChI is InChI=1S/C20H20N2O2S2/c1-13(20(23)21-16-8-7-14-4-2-5-15(14)10-16)26-12-17-11-18(24-22-17)19-6-3-9-25-19/h3,6-11,13H,2,4-5,12H2,1H3,(H,21,23). The Balaban J connectivity index is 1.31. The molecule has 0 fully saturated rings. The number of aromatic nitrogens is 1. The topological polar surface area (TPSA) is 55.1 Å². The fraction of sp³-hybridized carbons (Fsp3) is 0.300. The van der Waals surface area contributed by atoms with Gasteiger partial charge < -0.3 is 9.84 Å². The molecule has 2 aromatic heterocycles. The Morgan fingerprint density at radius 3 is 3.04 bits per heavy atom. The summed E-state index contributed by atoms with van der Waals surface area (Å²) in [5.41, 5.74) is 4.53. The average Bonchev–Trinajstić information content (AvgIpc) is 3.39. The lowest BCUT2D eigenvalue weighted by Crippen LogP contribution is -2.22. The Hall–Kier alpha value is -2.05. The van der Waals surface area contributed by atoms with Crippen molar-refractivity contribution in [3.8, 4) is 10.6 Å². The summed E-state index contributed by atoms with van der Waals surface area (Å²) in [6.07, 6.45) is 3.48. The summed E-state index contributed by atoms with van der Waals surface area (Å²) in [7, 11) is 0. The van der Waals surface area contributed by atoms with Gasteiger partial charge >= 0.3 is 0 Å². The summed E-state index contributed by atoms with van der Waals surface area (Å²) < 4.78 is 5.39. The molecule has 0 saturated heterocycles. The van der Waals surface area contributed by atoms with Crippen molar-refractivity contribution in [1.82, 2.24) is 5.16 Å². The lowest BCUT2D eigenvalue weighted by atomic mass is 10.1. The Kier molecular flexibility index (Phi) is 5.13. The highest BCUT2D eigenvalue weighted by Gasteiger charge is 2.17. The van der Waals surface area contributed by atoms with Crippen LogP contribution in [0.25, 0.3) is 10.6 Å². The highest BCUT2D eigenvalue weighted by molar-refractivity contribution is 7.99. The van der Waals surface area contributed by atoms with Gasteiger partial charge in [-0.3, -0.25) is 4.79 Å². The second-order valence-corrected chi connectivity index (χ2v) is 8.72. The molecule has 0 saturated carbocycles. The van der Waals surface area contributed by atoms with Crippen LogP contribution in [0, 0.1) is 0 Å². The van der Waals surface area contributed by atoms with Crippen LogP contribution in [-0.2, 0) is 23.4 Å². The molecule has 4 nitrogen and oxygen atoms in total. The largest absolute Gasteiger partial charge is 0.355 e. The van der Waals surface area contributed by atoms with E-state index in [1.807, 2.05) is 36.6 Å². The first-order chi connectivity index (χ1) is 12.7. The fourth-order valence-electron chi connectivity index (χ4n) is 3.09. The third-order valence-electron chi connectivity index (χ3n) is 4.54. The van der Waals surface area contributed by atoms with Gasteiger partial charge in [-0.1, -0.05) is 17.3 Å². The number of carbonyl (C=O) groups excluding carboxylic acids is 1. The number of anilines is 1. The number of thioether (sulfide) groups is 1. The van der Waals surface area contributed by atoms with E-state index < -0.39 is 0 Å². The zero-order chi connectivity index (χ0) is 17.9. The maximum Gasteiger partial charge on any atom is 0.237 e. The van der Waals surface area contributed by atoms with Crippen LogP contribution in [0.4, 0.5) is 5.69 Å². The molecule has 1 aliphatic rings. The first-order valence-electron chi connectivity index (χ1n) is 8.73. The average molecular weight is 385 g/mol. The van der Waals surface area contributed by atoms with E-state index in [9.17, 15) is 4.79 Å². The number of carbonyl (C=O) groups is 1. The first-order valence-corrected chi connectivity index (χ1v) is 10.7. The number of hydrogen-bond donors (Lipinski definition) is 1. The second kappa shape index (κ2) is 7.68. The van der Waals surface area contributed by atoms with Crippen LogP contribution >= 0.6 is 23.1 Å². The summed E-state index contributed by atoms with van der Waals surface area (Å²) in [4.78, 5) is 13.5. The Morgan fingerprint density at radius 2 is 2.19 bits per heavy atom. The van der Waals surface area contributed by atoms with Crippen molar-refractivity contribution in [2.45, 2.75) is 37.2 Å². The smallest absolute Gasteiger partial charge is 0.237 e. The van der Waals surface area contributed by atoms with E-state index in [0.717, 1.165) is 34.9 Å². The van der Waals surface area contributed by atoms with Gasteiger partial charge in [0.1, 0.15) is 0 Å². The quantitative estimate of drug-likeness (QED) is 0.638. The van der Waals surface area contributed by atoms with Crippen LogP contribution in [0.3, 0.4) is 0 Å². The third kappa shape index (κ3) is 3.86. The lowest BCUT2D eigenvalue weighted by Gasteiger charge is -2.12. The first kappa shape index (κ1) is 17.4. The molecule has 6 heteroatoms. The molecule has 1 N–H and O–H groups in total. The Morgan fingerprint density at radius 1 is 1.31 bits per heavy atom. The van der Waals surface area contributed by atoms with E-state index in [1.165, 1.54) is 17.5 Å². The summed E-state index contributed by atoms with van der Waals surface area (Å²) in [6.45, 7) is 1.92. The molecule has 0 spiro atoms. The monoisotopic (exact) mass is 384 g/mol. The molecule has 26 heavy (non-hydrogen) atoms. The number of nitrogens with zero attached hydrogens (tertiary/aromatic N) is 1. The highest BCUT2D eigenvalue weighted by atomic mass is 32.2. The fourth-order valence-corrected chi connectivity index (χ4v) is 4.53. The van der Waals surface area contributed by atoms with Gasteiger partial charge in [-0.25, -0.2) is 0 Å². The van der Waals surface area contributed by atoms with Gasteiger partial charge in [0.15, 0.2) is 5.76 Å². The molecule has 134 valence electrons. The summed E-state index contributed by atoms with van der Waals surface area (Å²) in [5, 5.41) is 8.99. The number of aryl methyl sites for hydroxylation is 2. The molecule has 2 heterocycles. The molecule has 1 unspecified atom stereocenters. The van der Waals surface area contributed by atoms with Gasteiger partial charge in [-0.2, -0.15) is 0 Å². The van der Waals surface area contributed by atoms with Crippen LogP contribution in [-0.4, -0.2) is 16.3 Å². The van der Waals surface area contributed by atoms with E-state index in [4.69, 9.17) is 4.52 Å². The minimum Gasteiger partial charge on any atom is -0.355 e. The number of nitrogens with one attached hydrogen (secondary N) is 1. The summed E-state index contributed by atoms with van der Waals surface area (Å²) in [5.74, 6) is 1.45. The van der Waals surface area contributed by atoms with Gasteiger partial charge in [-0.05, 0) is 60.9 Å². The number of fused-ring (bicyclic) bond motifs is 1. The predicted molar refractivity (Wildman–Crippen MR) is 108 cm³/mol. The number of rotatable bonds is 6. The molecular formula is C20H20N2O2S2. The van der Waals surface area contributed by atoms with Gasteiger partial charge in [0.2, 0.25) is 5.91 Å². The van der Waals surface area contributed by atoms with E-state index in [1.54, 1.807) is 23.1 Å². The molecule has 4 rings (SSSR count). The van der Waals surface area contributed by atoms with Crippen molar-refractivity contribution in [1.29, 1.82) is 0 Å². The number of amides is 1. The number of benzene rings is 1. The van der Waals surface area contributed by atoms with E-state index in [2.05, 4.69) is 22.6 Å². The molecule has 1 amide bonds. The molecule has 1 aromatic carbocycles. The molecule has 0 aliphatic heterocycles. The van der Waals surface area contributed by atoms with Crippen LogP contribution in [0.1, 0.15) is 30.2 Å². The van der Waals surface area contributed by atoms with E-state index >= 15 is 0 Å². The molecule has 1 aliphatic carbocycles. The van der Waals surface area contributed by atoms with Crippen molar-refractivity contribution in [2.75, 3.05) is 5.32 Å². The number of thiophene rings is 1. The van der Waals surface area contributed by atoms with Crippen LogP contribution < -0.4 is 5.32 Å². The normalized spacial score (nSPS) is 14.2. The van der Waals surface area contributed by atoms with Crippen molar-refractivity contribution in [3.63, 3.8) is 0 Å². The Bertz CT molecular complexity index is 902. The van der Waals surface area contributed by atoms with Gasteiger partial charge in [0.25, 0.3) is 0 Å².